The van der Waals surface area contributed by atoms with Crippen molar-refractivity contribution in [3.05, 3.63) is 35.4 Å². The fourth-order valence-corrected chi connectivity index (χ4v) is 3.13. The van der Waals surface area contributed by atoms with Gasteiger partial charge in [0.2, 0.25) is 0 Å². The Morgan fingerprint density at radius 2 is 1.76 bits per heavy atom. The van der Waals surface area contributed by atoms with Crippen LogP contribution in [0.15, 0.2) is 24.3 Å². The highest BCUT2D eigenvalue weighted by Crippen LogP contribution is 2.68. The summed E-state index contributed by atoms with van der Waals surface area (Å²) in [7, 11) is 0. The number of carbonyl (C=O) groups is 1. The van der Waals surface area contributed by atoms with Crippen molar-refractivity contribution in [1.29, 1.82) is 0 Å². The maximum atomic E-state index is 12.3. The molecule has 0 heterocycles. The molecule has 1 nitrogen and oxygen atoms in total. The van der Waals surface area contributed by atoms with Crippen LogP contribution in [-0.4, -0.2) is 5.78 Å². The summed E-state index contributed by atoms with van der Waals surface area (Å²) in [5, 5.41) is 0. The first-order chi connectivity index (χ1) is 7.76. The quantitative estimate of drug-likeness (QED) is 0.772. The summed E-state index contributed by atoms with van der Waals surface area (Å²) in [6, 6.07) is 8.26. The van der Waals surface area contributed by atoms with Crippen molar-refractivity contribution >= 4 is 5.78 Å². The van der Waals surface area contributed by atoms with E-state index in [0.717, 1.165) is 5.56 Å². The van der Waals surface area contributed by atoms with E-state index in [-0.39, 0.29) is 16.7 Å². The second-order valence-corrected chi connectivity index (χ2v) is 6.51. The van der Waals surface area contributed by atoms with E-state index in [2.05, 4.69) is 46.8 Å². The van der Waals surface area contributed by atoms with Gasteiger partial charge in [0.15, 0.2) is 0 Å². The number of carbonyl (C=O) groups excluding carboxylic acids is 1. The van der Waals surface area contributed by atoms with Crippen LogP contribution in [0, 0.1) is 23.7 Å². The van der Waals surface area contributed by atoms with E-state index in [1.807, 2.05) is 12.1 Å². The largest absolute Gasteiger partial charge is 0.299 e. The standard InChI is InChI=1S/C16H22O/c1-11-7-6-8-12(9-11)10-13(17)14-15(2,3)16(14,4)5/h6-9,14H,10H2,1-5H3. The number of aryl methyl sites for hydroxylation is 1. The minimum Gasteiger partial charge on any atom is -0.299 e. The summed E-state index contributed by atoms with van der Waals surface area (Å²) in [5.41, 5.74) is 2.69. The van der Waals surface area contributed by atoms with Crippen molar-refractivity contribution in [2.24, 2.45) is 16.7 Å². The average molecular weight is 230 g/mol. The number of Topliss-reactive ketones (excluding diaryl/α,β-unsaturated/α-hetero) is 1. The average Bonchev–Trinajstić information content (AvgIpc) is 2.56. The van der Waals surface area contributed by atoms with Crippen molar-refractivity contribution in [2.45, 2.75) is 41.0 Å². The van der Waals surface area contributed by atoms with Gasteiger partial charge in [0.1, 0.15) is 5.78 Å². The molecule has 92 valence electrons. The molecule has 0 saturated heterocycles. The molecule has 0 unspecified atom stereocenters. The molecule has 1 fully saturated rings. The summed E-state index contributed by atoms with van der Waals surface area (Å²) in [5.74, 6) is 0.612. The second kappa shape index (κ2) is 3.69. The molecular weight excluding hydrogens is 208 g/mol. The molecule has 1 aliphatic rings. The summed E-state index contributed by atoms with van der Waals surface area (Å²) >= 11 is 0. The molecule has 1 heteroatoms. The lowest BCUT2D eigenvalue weighted by Gasteiger charge is -2.03. The molecule has 0 atom stereocenters. The van der Waals surface area contributed by atoms with Crippen LogP contribution in [0.5, 0.6) is 0 Å². The van der Waals surface area contributed by atoms with E-state index in [1.165, 1.54) is 5.56 Å². The Morgan fingerprint density at radius 3 is 2.24 bits per heavy atom. The van der Waals surface area contributed by atoms with Crippen molar-refractivity contribution in [3.8, 4) is 0 Å². The molecule has 0 amide bonds. The van der Waals surface area contributed by atoms with Gasteiger partial charge in [0.05, 0.1) is 0 Å². The predicted octanol–water partition coefficient (Wildman–Crippen LogP) is 3.79. The first-order valence-corrected chi connectivity index (χ1v) is 6.35. The maximum Gasteiger partial charge on any atom is 0.141 e. The van der Waals surface area contributed by atoms with E-state index in [1.54, 1.807) is 0 Å². The molecule has 0 radical (unpaired) electrons. The van der Waals surface area contributed by atoms with Gasteiger partial charge in [-0.05, 0) is 23.3 Å². The third-order valence-corrected chi connectivity index (χ3v) is 4.80. The van der Waals surface area contributed by atoms with Gasteiger partial charge >= 0.3 is 0 Å². The van der Waals surface area contributed by atoms with E-state index in [0.29, 0.717) is 12.2 Å². The van der Waals surface area contributed by atoms with E-state index < -0.39 is 0 Å². The molecule has 0 aromatic heterocycles. The van der Waals surface area contributed by atoms with E-state index >= 15 is 0 Å². The molecule has 17 heavy (non-hydrogen) atoms. The molecule has 1 aromatic rings. The lowest BCUT2D eigenvalue weighted by molar-refractivity contribution is -0.120. The number of ketones is 1. The molecular formula is C16H22O. The number of hydrogen-bond donors (Lipinski definition) is 0. The van der Waals surface area contributed by atoms with E-state index in [9.17, 15) is 4.79 Å². The lowest BCUT2D eigenvalue weighted by Crippen LogP contribution is -2.10. The Bertz CT molecular complexity index is 440. The highest BCUT2D eigenvalue weighted by atomic mass is 16.1. The second-order valence-electron chi connectivity index (χ2n) is 6.51. The Balaban J connectivity index is 2.10. The maximum absolute atomic E-state index is 12.3. The zero-order chi connectivity index (χ0) is 12.8. The lowest BCUT2D eigenvalue weighted by atomic mass is 10.0. The van der Waals surface area contributed by atoms with Crippen molar-refractivity contribution in [2.75, 3.05) is 0 Å². The van der Waals surface area contributed by atoms with Crippen LogP contribution >= 0.6 is 0 Å². The fraction of sp³-hybridized carbons (Fsp3) is 0.562. The first kappa shape index (κ1) is 12.3. The third kappa shape index (κ3) is 1.92. The smallest absolute Gasteiger partial charge is 0.141 e. The van der Waals surface area contributed by atoms with Gasteiger partial charge in [-0.15, -0.1) is 0 Å². The van der Waals surface area contributed by atoms with Gasteiger partial charge in [-0.1, -0.05) is 57.5 Å². The van der Waals surface area contributed by atoms with Gasteiger partial charge in [-0.3, -0.25) is 4.79 Å². The highest BCUT2D eigenvalue weighted by molar-refractivity contribution is 5.88. The number of benzene rings is 1. The van der Waals surface area contributed by atoms with Gasteiger partial charge in [-0.25, -0.2) is 0 Å². The Morgan fingerprint density at radius 1 is 1.18 bits per heavy atom. The van der Waals surface area contributed by atoms with Gasteiger partial charge < -0.3 is 0 Å². The van der Waals surface area contributed by atoms with Gasteiger partial charge in [0.25, 0.3) is 0 Å². The Labute approximate surface area is 104 Å². The zero-order valence-corrected chi connectivity index (χ0v) is 11.5. The topological polar surface area (TPSA) is 17.1 Å². The SMILES string of the molecule is Cc1cccc(CC(=O)C2C(C)(C)C2(C)C)c1. The van der Waals surface area contributed by atoms with Crippen LogP contribution in [0.3, 0.4) is 0 Å². The fourth-order valence-electron chi connectivity index (χ4n) is 3.13. The Kier molecular flexibility index (Phi) is 2.68. The van der Waals surface area contributed by atoms with Crippen LogP contribution in [0.2, 0.25) is 0 Å². The minimum atomic E-state index is 0.161. The molecule has 1 saturated carbocycles. The molecule has 1 aromatic carbocycles. The van der Waals surface area contributed by atoms with Crippen LogP contribution in [0.25, 0.3) is 0 Å². The molecule has 0 N–H and O–H groups in total. The predicted molar refractivity (Wildman–Crippen MR) is 70.9 cm³/mol. The van der Waals surface area contributed by atoms with Gasteiger partial charge in [-0.2, -0.15) is 0 Å². The first-order valence-electron chi connectivity index (χ1n) is 6.35. The molecule has 2 rings (SSSR count). The highest BCUT2D eigenvalue weighted by Gasteiger charge is 2.67. The minimum absolute atomic E-state index is 0.161. The summed E-state index contributed by atoms with van der Waals surface area (Å²) in [4.78, 5) is 12.3. The number of rotatable bonds is 3. The van der Waals surface area contributed by atoms with Gasteiger partial charge in [0, 0.05) is 12.3 Å². The zero-order valence-electron chi connectivity index (χ0n) is 11.5. The van der Waals surface area contributed by atoms with E-state index in [4.69, 9.17) is 0 Å². The monoisotopic (exact) mass is 230 g/mol. The van der Waals surface area contributed by atoms with Crippen molar-refractivity contribution in [3.63, 3.8) is 0 Å². The molecule has 0 aliphatic heterocycles. The van der Waals surface area contributed by atoms with Crippen LogP contribution in [-0.2, 0) is 11.2 Å². The van der Waals surface area contributed by atoms with Crippen molar-refractivity contribution in [1.82, 2.24) is 0 Å². The summed E-state index contributed by atoms with van der Waals surface area (Å²) in [6.07, 6.45) is 0.583. The number of hydrogen-bond acceptors (Lipinski definition) is 1. The third-order valence-electron chi connectivity index (χ3n) is 4.80. The summed E-state index contributed by atoms with van der Waals surface area (Å²) in [6.45, 7) is 10.9. The summed E-state index contributed by atoms with van der Waals surface area (Å²) < 4.78 is 0. The normalized spacial score (nSPS) is 21.2. The molecule has 0 bridgehead atoms. The van der Waals surface area contributed by atoms with Crippen LogP contribution in [0.4, 0.5) is 0 Å². The Hall–Kier alpha value is -1.11. The van der Waals surface area contributed by atoms with Crippen molar-refractivity contribution < 1.29 is 4.79 Å². The molecule has 1 aliphatic carbocycles. The van der Waals surface area contributed by atoms with Crippen LogP contribution in [0.1, 0.15) is 38.8 Å². The molecule has 0 spiro atoms. The van der Waals surface area contributed by atoms with Crippen LogP contribution < -0.4 is 0 Å².